The molecule has 0 aliphatic rings. The van der Waals surface area contributed by atoms with Gasteiger partial charge in [0.1, 0.15) is 5.76 Å². The quantitative estimate of drug-likeness (QED) is 0.704. The van der Waals surface area contributed by atoms with E-state index in [0.717, 1.165) is 16.8 Å². The molecule has 0 heterocycles. The van der Waals surface area contributed by atoms with Gasteiger partial charge in [-0.2, -0.15) is 0 Å². The molecule has 2 nitrogen and oxygen atoms in total. The highest BCUT2D eigenvalue weighted by atomic mass is 16.5. The van der Waals surface area contributed by atoms with Crippen molar-refractivity contribution >= 4 is 17.5 Å². The van der Waals surface area contributed by atoms with Crippen LogP contribution >= 0.6 is 0 Å². The molecule has 0 aliphatic heterocycles. The van der Waals surface area contributed by atoms with Crippen molar-refractivity contribution in [2.75, 3.05) is 26.1 Å². The smallest absolute Gasteiger partial charge is 0.119 e. The summed E-state index contributed by atoms with van der Waals surface area (Å²) in [6.45, 7) is 15.6. The third kappa shape index (κ3) is 6.14. The van der Waals surface area contributed by atoms with Crippen molar-refractivity contribution < 1.29 is 4.74 Å². The zero-order valence-corrected chi connectivity index (χ0v) is 13.6. The molecule has 0 spiro atoms. The number of methoxy groups -OCH3 is 1. The van der Waals surface area contributed by atoms with Crippen LogP contribution < -0.4 is 4.90 Å². The average Bonchev–Trinajstić information content (AvgIpc) is 2.49. The molecule has 0 amide bonds. The van der Waals surface area contributed by atoms with Gasteiger partial charge in [-0.15, -0.1) is 0 Å². The summed E-state index contributed by atoms with van der Waals surface area (Å²) >= 11 is 0. The lowest BCUT2D eigenvalue weighted by atomic mass is 10.0. The normalized spacial score (nSPS) is 8.16. The summed E-state index contributed by atoms with van der Waals surface area (Å²) in [5, 5.41) is 0. The first-order valence-corrected chi connectivity index (χ1v) is 6.77. The summed E-state index contributed by atoms with van der Waals surface area (Å²) in [4.78, 5) is 2.05. The number of rotatable bonds is 4. The zero-order valence-electron chi connectivity index (χ0n) is 13.6. The Labute approximate surface area is 119 Å². The number of nitrogens with zero attached hydrogens (tertiary/aromatic N) is 1. The highest BCUT2D eigenvalue weighted by Crippen LogP contribution is 2.24. The molecule has 0 fully saturated rings. The molecule has 0 saturated heterocycles. The van der Waals surface area contributed by atoms with Gasteiger partial charge in [-0.1, -0.05) is 46.9 Å². The highest BCUT2D eigenvalue weighted by Gasteiger charge is 2.05. The fourth-order valence-corrected chi connectivity index (χ4v) is 1.36. The maximum Gasteiger partial charge on any atom is 0.119 e. The van der Waals surface area contributed by atoms with Gasteiger partial charge in [0.15, 0.2) is 0 Å². The van der Waals surface area contributed by atoms with Crippen molar-refractivity contribution in [2.45, 2.75) is 27.7 Å². The maximum absolute atomic E-state index is 5.12. The van der Waals surface area contributed by atoms with E-state index in [1.807, 2.05) is 64.9 Å². The van der Waals surface area contributed by atoms with Gasteiger partial charge < -0.3 is 9.64 Å². The molecule has 1 aromatic carbocycles. The van der Waals surface area contributed by atoms with Gasteiger partial charge >= 0.3 is 0 Å². The van der Waals surface area contributed by atoms with Crippen molar-refractivity contribution in [3.8, 4) is 0 Å². The highest BCUT2D eigenvalue weighted by molar-refractivity contribution is 5.72. The summed E-state index contributed by atoms with van der Waals surface area (Å²) in [7, 11) is 5.63. The van der Waals surface area contributed by atoms with Crippen LogP contribution in [-0.4, -0.2) is 21.2 Å². The summed E-state index contributed by atoms with van der Waals surface area (Å²) in [5.41, 5.74) is 3.16. The topological polar surface area (TPSA) is 12.5 Å². The summed E-state index contributed by atoms with van der Waals surface area (Å²) in [6, 6.07) is 6.09. The van der Waals surface area contributed by atoms with Gasteiger partial charge in [0.05, 0.1) is 7.11 Å². The van der Waals surface area contributed by atoms with E-state index in [1.54, 1.807) is 7.11 Å². The van der Waals surface area contributed by atoms with Crippen molar-refractivity contribution in [1.29, 1.82) is 0 Å². The molecule has 0 bridgehead atoms. The van der Waals surface area contributed by atoms with Crippen LogP contribution in [0.4, 0.5) is 5.69 Å². The van der Waals surface area contributed by atoms with Gasteiger partial charge in [0.25, 0.3) is 0 Å². The van der Waals surface area contributed by atoms with Crippen LogP contribution in [-0.2, 0) is 4.74 Å². The predicted molar refractivity (Wildman–Crippen MR) is 89.6 cm³/mol. The van der Waals surface area contributed by atoms with E-state index in [-0.39, 0.29) is 0 Å². The predicted octanol–water partition coefficient (Wildman–Crippen LogP) is 5.07. The molecule has 1 aromatic rings. The Hall–Kier alpha value is -1.70. The summed E-state index contributed by atoms with van der Waals surface area (Å²) in [5.74, 6) is 0.662. The van der Waals surface area contributed by atoms with Crippen molar-refractivity contribution in [2.24, 2.45) is 0 Å². The molecular formula is C17H29NO. The number of anilines is 1. The Morgan fingerprint density at radius 1 is 1.16 bits per heavy atom. The first-order valence-electron chi connectivity index (χ1n) is 6.77. The standard InChI is InChI=1S/C13H17NO.2C2H6/c1-6-11-9-12(14(3)4)7-8-13(11)10(2)15-5;2*1-2/h6-9H,1-2H2,3-5H3;2*1-2H3. The Balaban J connectivity index is 0. The molecule has 0 aliphatic carbocycles. The van der Waals surface area contributed by atoms with Crippen LogP contribution in [0.3, 0.4) is 0 Å². The average molecular weight is 263 g/mol. The fourth-order valence-electron chi connectivity index (χ4n) is 1.36. The van der Waals surface area contributed by atoms with E-state index in [4.69, 9.17) is 4.74 Å². The molecular weight excluding hydrogens is 234 g/mol. The third-order valence-electron chi connectivity index (χ3n) is 2.32. The van der Waals surface area contributed by atoms with E-state index >= 15 is 0 Å². The van der Waals surface area contributed by atoms with E-state index in [9.17, 15) is 0 Å². The lowest BCUT2D eigenvalue weighted by molar-refractivity contribution is 0.371. The molecule has 0 N–H and O–H groups in total. The molecule has 0 unspecified atom stereocenters. The molecule has 0 aromatic heterocycles. The van der Waals surface area contributed by atoms with Gasteiger partial charge in [-0.05, 0) is 23.8 Å². The van der Waals surface area contributed by atoms with Crippen molar-refractivity contribution in [3.63, 3.8) is 0 Å². The van der Waals surface area contributed by atoms with E-state index in [1.165, 1.54) is 0 Å². The largest absolute Gasteiger partial charge is 0.497 e. The van der Waals surface area contributed by atoms with Gasteiger partial charge in [0.2, 0.25) is 0 Å². The number of hydrogen-bond donors (Lipinski definition) is 0. The molecule has 1 rings (SSSR count). The maximum atomic E-state index is 5.12. The first kappa shape index (κ1) is 19.6. The molecule has 108 valence electrons. The van der Waals surface area contributed by atoms with Crippen LogP contribution in [0.15, 0.2) is 31.4 Å². The second-order valence-corrected chi connectivity index (χ2v) is 3.50. The lowest BCUT2D eigenvalue weighted by Gasteiger charge is -2.15. The van der Waals surface area contributed by atoms with E-state index < -0.39 is 0 Å². The van der Waals surface area contributed by atoms with Crippen LogP contribution in [0.1, 0.15) is 38.8 Å². The Morgan fingerprint density at radius 2 is 1.68 bits per heavy atom. The van der Waals surface area contributed by atoms with Crippen LogP contribution in [0.5, 0.6) is 0 Å². The Kier molecular flexibility index (Phi) is 11.8. The minimum absolute atomic E-state index is 0.662. The Morgan fingerprint density at radius 3 is 2.05 bits per heavy atom. The van der Waals surface area contributed by atoms with Crippen molar-refractivity contribution in [3.05, 3.63) is 42.5 Å². The van der Waals surface area contributed by atoms with Crippen LogP contribution in [0.25, 0.3) is 11.8 Å². The van der Waals surface area contributed by atoms with Gasteiger partial charge in [-0.25, -0.2) is 0 Å². The summed E-state index contributed by atoms with van der Waals surface area (Å²) in [6.07, 6.45) is 1.81. The second kappa shape index (κ2) is 11.4. The SMILES string of the molecule is C=Cc1cc(N(C)C)ccc1C(=C)OC.CC.CC. The minimum atomic E-state index is 0.662. The number of hydrogen-bond acceptors (Lipinski definition) is 2. The minimum Gasteiger partial charge on any atom is -0.497 e. The van der Waals surface area contributed by atoms with Crippen LogP contribution in [0, 0.1) is 0 Å². The molecule has 0 atom stereocenters. The summed E-state index contributed by atoms with van der Waals surface area (Å²) < 4.78 is 5.12. The molecule has 0 saturated carbocycles. The van der Waals surface area contributed by atoms with Crippen LogP contribution in [0.2, 0.25) is 0 Å². The first-order chi connectivity index (χ1) is 9.10. The molecule has 0 radical (unpaired) electrons. The Bertz CT molecular complexity index is 381. The van der Waals surface area contributed by atoms with E-state index in [0.29, 0.717) is 5.76 Å². The number of ether oxygens (including phenoxy) is 1. The molecule has 2 heteroatoms. The van der Waals surface area contributed by atoms with E-state index in [2.05, 4.69) is 19.2 Å². The van der Waals surface area contributed by atoms with Crippen molar-refractivity contribution in [1.82, 2.24) is 0 Å². The second-order valence-electron chi connectivity index (χ2n) is 3.50. The lowest BCUT2D eigenvalue weighted by Crippen LogP contribution is -2.08. The zero-order chi connectivity index (χ0) is 15.4. The third-order valence-corrected chi connectivity index (χ3v) is 2.32. The van der Waals surface area contributed by atoms with Gasteiger partial charge in [0, 0.05) is 25.3 Å². The monoisotopic (exact) mass is 263 g/mol. The fraction of sp³-hybridized carbons (Fsp3) is 0.412. The van der Waals surface area contributed by atoms with Gasteiger partial charge in [-0.3, -0.25) is 0 Å². The molecule has 19 heavy (non-hydrogen) atoms. The number of benzene rings is 1.